The molecule has 0 saturated heterocycles. The number of sulfonamides is 1. The van der Waals surface area contributed by atoms with E-state index in [9.17, 15) is 13.2 Å². The van der Waals surface area contributed by atoms with Gasteiger partial charge in [0.05, 0.1) is 4.90 Å². The maximum absolute atomic E-state index is 11.1. The third kappa shape index (κ3) is 3.70. The Hall–Kier alpha value is -1.64. The average Bonchev–Trinajstić information content (AvgIpc) is 2.25. The normalized spacial score (nSPS) is 11.0. The Balaban J connectivity index is 2.88. The molecule has 1 aromatic rings. The molecule has 0 spiro atoms. The lowest BCUT2D eigenvalue weighted by Gasteiger charge is -2.09. The van der Waals surface area contributed by atoms with Crippen molar-refractivity contribution in [3.8, 4) is 5.75 Å². The summed E-state index contributed by atoms with van der Waals surface area (Å²) in [5.74, 6) is 4.78. The van der Waals surface area contributed by atoms with Crippen LogP contribution in [0.4, 0.5) is 0 Å². The van der Waals surface area contributed by atoms with Crippen LogP contribution >= 0.6 is 0 Å². The molecule has 5 N–H and O–H groups in total. The Bertz CT molecular complexity index is 527. The predicted molar refractivity (Wildman–Crippen MR) is 60.4 cm³/mol. The molecule has 0 fully saturated rings. The number of aryl methyl sites for hydroxylation is 1. The molecule has 0 aliphatic rings. The van der Waals surface area contributed by atoms with Gasteiger partial charge >= 0.3 is 0 Å². The maximum atomic E-state index is 11.1. The van der Waals surface area contributed by atoms with Gasteiger partial charge in [0, 0.05) is 0 Å². The SMILES string of the molecule is Cc1cc(S(N)(=O)=O)ccc1OCC(=O)NN. The summed E-state index contributed by atoms with van der Waals surface area (Å²) in [6.07, 6.45) is 0. The van der Waals surface area contributed by atoms with Crippen molar-refractivity contribution in [3.63, 3.8) is 0 Å². The molecule has 0 aliphatic heterocycles. The standard InChI is InChI=1S/C9H13N3O4S/c1-6-4-7(17(11,14)15)2-3-8(6)16-5-9(13)12-10/h2-4H,5,10H2,1H3,(H,12,13)(H2,11,14,15). The van der Waals surface area contributed by atoms with E-state index in [1.165, 1.54) is 18.2 Å². The third-order valence-electron chi connectivity index (χ3n) is 1.99. The highest BCUT2D eigenvalue weighted by Gasteiger charge is 2.10. The predicted octanol–water partition coefficient (Wildman–Crippen LogP) is -0.989. The summed E-state index contributed by atoms with van der Waals surface area (Å²) < 4.78 is 27.3. The quantitative estimate of drug-likeness (QED) is 0.364. The molecule has 1 amide bonds. The minimum Gasteiger partial charge on any atom is -0.483 e. The van der Waals surface area contributed by atoms with Crippen molar-refractivity contribution in [1.29, 1.82) is 0 Å². The number of amides is 1. The molecule has 0 unspecified atom stereocenters. The Labute approximate surface area is 98.8 Å². The van der Waals surface area contributed by atoms with Crippen molar-refractivity contribution >= 4 is 15.9 Å². The lowest BCUT2D eigenvalue weighted by molar-refractivity contribution is -0.123. The molecular weight excluding hydrogens is 246 g/mol. The first-order valence-electron chi connectivity index (χ1n) is 4.60. The number of nitrogens with two attached hydrogens (primary N) is 2. The summed E-state index contributed by atoms with van der Waals surface area (Å²) in [6, 6.07) is 4.10. The van der Waals surface area contributed by atoms with Gasteiger partial charge in [-0.05, 0) is 30.7 Å². The van der Waals surface area contributed by atoms with E-state index in [1.54, 1.807) is 6.92 Å². The monoisotopic (exact) mass is 259 g/mol. The molecule has 1 rings (SSSR count). The molecule has 8 heteroatoms. The van der Waals surface area contributed by atoms with Crippen LogP contribution in [0, 0.1) is 6.92 Å². The summed E-state index contributed by atoms with van der Waals surface area (Å²) in [5, 5.41) is 4.97. The van der Waals surface area contributed by atoms with E-state index in [-0.39, 0.29) is 11.5 Å². The van der Waals surface area contributed by atoms with Crippen LogP contribution in [0.3, 0.4) is 0 Å². The highest BCUT2D eigenvalue weighted by atomic mass is 32.2. The summed E-state index contributed by atoms with van der Waals surface area (Å²) in [4.78, 5) is 10.8. The van der Waals surface area contributed by atoms with Gasteiger partial charge in [-0.3, -0.25) is 10.2 Å². The van der Waals surface area contributed by atoms with Crippen LogP contribution in [-0.2, 0) is 14.8 Å². The Kier molecular flexibility index (Phi) is 4.05. The second-order valence-corrected chi connectivity index (χ2v) is 4.89. The fourth-order valence-corrected chi connectivity index (χ4v) is 1.74. The number of benzene rings is 1. The van der Waals surface area contributed by atoms with Gasteiger partial charge in [0.25, 0.3) is 5.91 Å². The number of rotatable bonds is 4. The highest BCUT2D eigenvalue weighted by molar-refractivity contribution is 7.89. The largest absolute Gasteiger partial charge is 0.483 e. The fourth-order valence-electron chi connectivity index (χ4n) is 1.15. The summed E-state index contributed by atoms with van der Waals surface area (Å²) in [6.45, 7) is 1.40. The van der Waals surface area contributed by atoms with Gasteiger partial charge in [0.1, 0.15) is 5.75 Å². The van der Waals surface area contributed by atoms with Crippen LogP contribution in [0.15, 0.2) is 23.1 Å². The van der Waals surface area contributed by atoms with E-state index in [1.807, 2.05) is 5.43 Å². The number of carbonyl (C=O) groups excluding carboxylic acids is 1. The number of hydrogen-bond acceptors (Lipinski definition) is 5. The van der Waals surface area contributed by atoms with E-state index < -0.39 is 15.9 Å². The first kappa shape index (κ1) is 13.4. The van der Waals surface area contributed by atoms with Gasteiger partial charge in [0.2, 0.25) is 10.0 Å². The summed E-state index contributed by atoms with van der Waals surface area (Å²) in [5.41, 5.74) is 2.47. The topological polar surface area (TPSA) is 125 Å². The fraction of sp³-hybridized carbons (Fsp3) is 0.222. The van der Waals surface area contributed by atoms with Crippen LogP contribution < -0.4 is 21.1 Å². The number of primary sulfonamides is 1. The minimum atomic E-state index is -3.73. The average molecular weight is 259 g/mol. The second kappa shape index (κ2) is 5.13. The van der Waals surface area contributed by atoms with Gasteiger partial charge < -0.3 is 4.74 Å². The summed E-state index contributed by atoms with van der Waals surface area (Å²) in [7, 11) is -3.73. The minimum absolute atomic E-state index is 0.00868. The molecule has 0 aromatic heterocycles. The van der Waals surface area contributed by atoms with E-state index in [0.29, 0.717) is 11.3 Å². The van der Waals surface area contributed by atoms with Crippen molar-refractivity contribution in [1.82, 2.24) is 5.43 Å². The number of ether oxygens (including phenoxy) is 1. The lowest BCUT2D eigenvalue weighted by Crippen LogP contribution is -2.34. The Morgan fingerprint density at radius 1 is 1.47 bits per heavy atom. The van der Waals surface area contributed by atoms with Crippen molar-refractivity contribution in [2.45, 2.75) is 11.8 Å². The second-order valence-electron chi connectivity index (χ2n) is 3.33. The van der Waals surface area contributed by atoms with E-state index in [2.05, 4.69) is 0 Å². The lowest BCUT2D eigenvalue weighted by atomic mass is 10.2. The molecule has 0 atom stereocenters. The number of nitrogens with one attached hydrogen (secondary N) is 1. The number of hydrazine groups is 1. The van der Waals surface area contributed by atoms with Crippen LogP contribution in [-0.4, -0.2) is 20.9 Å². The van der Waals surface area contributed by atoms with Crippen molar-refractivity contribution in [2.75, 3.05) is 6.61 Å². The molecule has 0 bridgehead atoms. The number of carbonyl (C=O) groups is 1. The molecule has 0 saturated carbocycles. The van der Waals surface area contributed by atoms with Crippen molar-refractivity contribution in [2.24, 2.45) is 11.0 Å². The molecule has 17 heavy (non-hydrogen) atoms. The van der Waals surface area contributed by atoms with E-state index in [4.69, 9.17) is 15.7 Å². The van der Waals surface area contributed by atoms with Gasteiger partial charge in [-0.2, -0.15) is 0 Å². The van der Waals surface area contributed by atoms with Gasteiger partial charge in [-0.25, -0.2) is 19.4 Å². The van der Waals surface area contributed by atoms with Gasteiger partial charge in [-0.15, -0.1) is 0 Å². The smallest absolute Gasteiger partial charge is 0.271 e. The Morgan fingerprint density at radius 2 is 2.12 bits per heavy atom. The molecule has 7 nitrogen and oxygen atoms in total. The zero-order chi connectivity index (χ0) is 13.1. The molecule has 0 aliphatic carbocycles. The first-order valence-corrected chi connectivity index (χ1v) is 6.15. The van der Waals surface area contributed by atoms with Crippen molar-refractivity contribution < 1.29 is 17.9 Å². The van der Waals surface area contributed by atoms with E-state index >= 15 is 0 Å². The highest BCUT2D eigenvalue weighted by Crippen LogP contribution is 2.20. The molecule has 94 valence electrons. The molecular formula is C9H13N3O4S. The van der Waals surface area contributed by atoms with Gasteiger partial charge in [0.15, 0.2) is 6.61 Å². The molecule has 1 aromatic carbocycles. The Morgan fingerprint density at radius 3 is 2.59 bits per heavy atom. The van der Waals surface area contributed by atoms with Crippen LogP contribution in [0.5, 0.6) is 5.75 Å². The first-order chi connectivity index (χ1) is 7.84. The van der Waals surface area contributed by atoms with E-state index in [0.717, 1.165) is 0 Å². The maximum Gasteiger partial charge on any atom is 0.271 e. The van der Waals surface area contributed by atoms with Gasteiger partial charge in [-0.1, -0.05) is 0 Å². The van der Waals surface area contributed by atoms with Crippen LogP contribution in [0.25, 0.3) is 0 Å². The van der Waals surface area contributed by atoms with Crippen molar-refractivity contribution in [3.05, 3.63) is 23.8 Å². The molecule has 0 radical (unpaired) electrons. The third-order valence-corrected chi connectivity index (χ3v) is 2.91. The number of hydrogen-bond donors (Lipinski definition) is 3. The zero-order valence-corrected chi connectivity index (χ0v) is 9.95. The molecule has 0 heterocycles. The zero-order valence-electron chi connectivity index (χ0n) is 9.14. The van der Waals surface area contributed by atoms with Crippen LogP contribution in [0.1, 0.15) is 5.56 Å². The summed E-state index contributed by atoms with van der Waals surface area (Å²) >= 11 is 0. The van der Waals surface area contributed by atoms with Crippen LogP contribution in [0.2, 0.25) is 0 Å².